The van der Waals surface area contributed by atoms with Crippen LogP contribution < -0.4 is 4.74 Å². The van der Waals surface area contributed by atoms with Crippen LogP contribution in [0.1, 0.15) is 24.8 Å². The van der Waals surface area contributed by atoms with Gasteiger partial charge in [-0.15, -0.1) is 0 Å². The molecule has 158 valence electrons. The Hall–Kier alpha value is -2.62. The summed E-state index contributed by atoms with van der Waals surface area (Å²) in [6.45, 7) is 3.06. The molecule has 0 spiro atoms. The van der Waals surface area contributed by atoms with Gasteiger partial charge in [-0.1, -0.05) is 18.2 Å². The predicted molar refractivity (Wildman–Crippen MR) is 96.2 cm³/mol. The first-order valence-corrected chi connectivity index (χ1v) is 9.18. The lowest BCUT2D eigenvalue weighted by atomic mass is 9.81. The van der Waals surface area contributed by atoms with Crippen molar-refractivity contribution in [3.8, 4) is 5.75 Å². The van der Waals surface area contributed by atoms with Crippen LogP contribution in [0, 0.1) is 10.1 Å². The number of morpholine rings is 1. The Balaban J connectivity index is 2.04. The van der Waals surface area contributed by atoms with Crippen LogP contribution in [0.4, 0.5) is 13.2 Å². The maximum Gasteiger partial charge on any atom is 0.432 e. The number of carbonyl (C=O) groups is 1. The van der Waals surface area contributed by atoms with E-state index < -0.39 is 29.2 Å². The number of rotatable bonds is 5. The van der Waals surface area contributed by atoms with E-state index in [1.165, 1.54) is 31.2 Å². The summed E-state index contributed by atoms with van der Waals surface area (Å²) in [6.07, 6.45) is -6.23. The third kappa shape index (κ3) is 4.69. The van der Waals surface area contributed by atoms with Crippen LogP contribution in [-0.2, 0) is 9.53 Å². The molecule has 3 rings (SSSR count). The number of nitro groups is 1. The van der Waals surface area contributed by atoms with Crippen molar-refractivity contribution in [3.05, 3.63) is 51.7 Å². The van der Waals surface area contributed by atoms with Crippen LogP contribution in [0.5, 0.6) is 5.75 Å². The topological polar surface area (TPSA) is 81.9 Å². The highest BCUT2D eigenvalue weighted by atomic mass is 19.4. The highest BCUT2D eigenvalue weighted by Gasteiger charge is 2.59. The molecule has 0 N–H and O–H groups in total. The van der Waals surface area contributed by atoms with Gasteiger partial charge < -0.3 is 14.4 Å². The zero-order valence-electron chi connectivity index (χ0n) is 15.7. The molecule has 0 unspecified atom stereocenters. The van der Waals surface area contributed by atoms with Gasteiger partial charge in [0.1, 0.15) is 5.75 Å². The number of nitrogens with zero attached hydrogens (tertiary/aromatic N) is 2. The number of ether oxygens (including phenoxy) is 2. The van der Waals surface area contributed by atoms with E-state index in [0.29, 0.717) is 37.6 Å². The Kier molecular flexibility index (Phi) is 6.11. The van der Waals surface area contributed by atoms with Crippen molar-refractivity contribution >= 4 is 5.78 Å². The Morgan fingerprint density at radius 3 is 2.55 bits per heavy atom. The maximum atomic E-state index is 13.6. The lowest BCUT2D eigenvalue weighted by Gasteiger charge is -2.38. The van der Waals surface area contributed by atoms with Gasteiger partial charge >= 0.3 is 6.18 Å². The molecule has 0 saturated carbocycles. The molecule has 1 aromatic rings. The minimum absolute atomic E-state index is 0.0259. The number of fused-ring (bicyclic) bond motifs is 1. The molecular weight excluding hydrogens is 393 g/mol. The summed E-state index contributed by atoms with van der Waals surface area (Å²) >= 11 is 0. The van der Waals surface area contributed by atoms with Crippen molar-refractivity contribution in [3.63, 3.8) is 0 Å². The Bertz CT molecular complexity index is 805. The first kappa shape index (κ1) is 21.1. The molecule has 2 aliphatic heterocycles. The van der Waals surface area contributed by atoms with E-state index in [1.54, 1.807) is 6.07 Å². The Morgan fingerprint density at radius 1 is 1.31 bits per heavy atom. The molecule has 1 fully saturated rings. The van der Waals surface area contributed by atoms with Gasteiger partial charge in [-0.3, -0.25) is 14.9 Å². The average molecular weight is 414 g/mol. The summed E-state index contributed by atoms with van der Waals surface area (Å²) in [7, 11) is 0. The van der Waals surface area contributed by atoms with Crippen molar-refractivity contribution in [2.75, 3.05) is 26.3 Å². The van der Waals surface area contributed by atoms with Crippen LogP contribution in [0.15, 0.2) is 36.0 Å². The summed E-state index contributed by atoms with van der Waals surface area (Å²) < 4.78 is 51.1. The van der Waals surface area contributed by atoms with Gasteiger partial charge in [0.05, 0.1) is 19.1 Å². The van der Waals surface area contributed by atoms with Gasteiger partial charge in [-0.2, -0.15) is 13.2 Å². The molecule has 1 saturated heterocycles. The van der Waals surface area contributed by atoms with Crippen LogP contribution in [0.2, 0.25) is 0 Å². The predicted octanol–water partition coefficient (Wildman–Crippen LogP) is 2.93. The molecule has 0 aliphatic carbocycles. The zero-order valence-corrected chi connectivity index (χ0v) is 15.7. The summed E-state index contributed by atoms with van der Waals surface area (Å²) in [4.78, 5) is 24.4. The van der Waals surface area contributed by atoms with Crippen LogP contribution in [-0.4, -0.2) is 60.2 Å². The van der Waals surface area contributed by atoms with Crippen molar-refractivity contribution in [1.82, 2.24) is 4.90 Å². The summed E-state index contributed by atoms with van der Waals surface area (Å²) in [5, 5.41) is 11.7. The normalized spacial score (nSPS) is 25.2. The summed E-state index contributed by atoms with van der Waals surface area (Å²) in [5.74, 6) is -1.41. The van der Waals surface area contributed by atoms with Crippen molar-refractivity contribution in [1.29, 1.82) is 0 Å². The first-order chi connectivity index (χ1) is 13.7. The zero-order chi connectivity index (χ0) is 21.2. The number of hydrogen-bond acceptors (Lipinski definition) is 6. The van der Waals surface area contributed by atoms with Gasteiger partial charge in [0.2, 0.25) is 0 Å². The van der Waals surface area contributed by atoms with Gasteiger partial charge in [0, 0.05) is 35.7 Å². The average Bonchev–Trinajstić information content (AvgIpc) is 2.66. The van der Waals surface area contributed by atoms with Gasteiger partial charge in [0.25, 0.3) is 12.1 Å². The maximum absolute atomic E-state index is 13.6. The van der Waals surface area contributed by atoms with E-state index >= 15 is 0 Å². The Morgan fingerprint density at radius 2 is 1.97 bits per heavy atom. The Labute approximate surface area is 165 Å². The minimum atomic E-state index is -4.91. The van der Waals surface area contributed by atoms with Crippen molar-refractivity contribution in [2.24, 2.45) is 0 Å². The number of halogens is 3. The van der Waals surface area contributed by atoms with Crippen molar-refractivity contribution < 1.29 is 32.4 Å². The molecule has 3 atom stereocenters. The number of carbonyl (C=O) groups excluding carboxylic acids is 1. The van der Waals surface area contributed by atoms with Crippen LogP contribution in [0.25, 0.3) is 0 Å². The molecule has 29 heavy (non-hydrogen) atoms. The molecule has 7 nitrogen and oxygen atoms in total. The molecule has 2 heterocycles. The molecule has 2 aliphatic rings. The highest BCUT2D eigenvalue weighted by molar-refractivity contribution is 5.87. The molecule has 0 aromatic heterocycles. The third-order valence-corrected chi connectivity index (χ3v) is 5.08. The number of ketones is 1. The largest absolute Gasteiger partial charge is 0.473 e. The van der Waals surface area contributed by atoms with Gasteiger partial charge in [0.15, 0.2) is 5.78 Å². The molecule has 0 amide bonds. The second-order valence-electron chi connectivity index (χ2n) is 7.05. The second kappa shape index (κ2) is 8.40. The van der Waals surface area contributed by atoms with E-state index in [4.69, 9.17) is 9.47 Å². The van der Waals surface area contributed by atoms with Crippen molar-refractivity contribution in [2.45, 2.75) is 37.6 Å². The lowest BCUT2D eigenvalue weighted by Crippen LogP contribution is -2.53. The fourth-order valence-corrected chi connectivity index (χ4v) is 3.83. The number of alkyl halides is 3. The molecule has 10 heteroatoms. The van der Waals surface area contributed by atoms with Gasteiger partial charge in [-0.25, -0.2) is 0 Å². The fraction of sp³-hybridized carbons (Fsp3) is 0.526. The standard InChI is InChI=1S/C19H21F3N2O5/c1-12(25)10-13(23-6-8-28-9-7-23)11-15-14-4-2-3-5-16(14)29-18(19(20,21)22)17(15)24(26)27/h2-5,10,15,17-18H,6-9,11H2,1H3/b13-10+/t15-,17+,18-/m1/s1. The molecule has 1 aromatic carbocycles. The SMILES string of the molecule is CC(=O)/C=C(\C[C@@H]1c2ccccc2O[C@@H](C(F)(F)F)[C@H]1[N+](=O)[O-])N1CCOCC1. The molecule has 0 bridgehead atoms. The first-order valence-electron chi connectivity index (χ1n) is 9.18. The van der Waals surface area contributed by atoms with E-state index in [9.17, 15) is 28.1 Å². The highest BCUT2D eigenvalue weighted by Crippen LogP contribution is 2.45. The summed E-state index contributed by atoms with van der Waals surface area (Å²) in [5.41, 5.74) is 0.799. The van der Waals surface area contributed by atoms with E-state index in [0.717, 1.165) is 0 Å². The monoisotopic (exact) mass is 414 g/mol. The fourth-order valence-electron chi connectivity index (χ4n) is 3.83. The smallest absolute Gasteiger partial charge is 0.432 e. The van der Waals surface area contributed by atoms with Gasteiger partial charge in [-0.05, 0) is 19.1 Å². The minimum Gasteiger partial charge on any atom is -0.473 e. The number of benzene rings is 1. The van der Waals surface area contributed by atoms with E-state index in [-0.39, 0.29) is 18.0 Å². The number of allylic oxidation sites excluding steroid dienone is 2. The second-order valence-corrected chi connectivity index (χ2v) is 7.05. The van der Waals surface area contributed by atoms with E-state index in [2.05, 4.69) is 0 Å². The number of hydrogen-bond donors (Lipinski definition) is 0. The quantitative estimate of drug-likeness (QED) is 0.419. The summed E-state index contributed by atoms with van der Waals surface area (Å²) in [6, 6.07) is 4.00. The van der Waals surface area contributed by atoms with Crippen LogP contribution in [0.3, 0.4) is 0 Å². The van der Waals surface area contributed by atoms with E-state index in [1.807, 2.05) is 4.90 Å². The molecule has 0 radical (unpaired) electrons. The third-order valence-electron chi connectivity index (χ3n) is 5.08. The van der Waals surface area contributed by atoms with Crippen LogP contribution >= 0.6 is 0 Å². The lowest BCUT2D eigenvalue weighted by molar-refractivity contribution is -0.548. The molecular formula is C19H21F3N2O5. The number of para-hydroxylation sites is 1.